The van der Waals surface area contributed by atoms with E-state index in [0.29, 0.717) is 30.2 Å². The summed E-state index contributed by atoms with van der Waals surface area (Å²) < 4.78 is 11.0. The van der Waals surface area contributed by atoms with Gasteiger partial charge in [-0.15, -0.1) is 0 Å². The summed E-state index contributed by atoms with van der Waals surface area (Å²) in [6.45, 7) is 3.49. The minimum atomic E-state index is -0.0333. The first-order valence-electron chi connectivity index (χ1n) is 9.24. The van der Waals surface area contributed by atoms with E-state index >= 15 is 0 Å². The average Bonchev–Trinajstić information content (AvgIpc) is 2.72. The number of rotatable bonds is 6. The molecule has 0 bridgehead atoms. The second-order valence-electron chi connectivity index (χ2n) is 6.88. The summed E-state index contributed by atoms with van der Waals surface area (Å²) >= 11 is 0. The van der Waals surface area contributed by atoms with Crippen LogP contribution in [0.4, 0.5) is 0 Å². The van der Waals surface area contributed by atoms with Gasteiger partial charge in [-0.3, -0.25) is 9.59 Å². The normalized spacial score (nSPS) is 16.7. The van der Waals surface area contributed by atoms with Crippen molar-refractivity contribution in [2.45, 2.75) is 19.8 Å². The molecule has 1 saturated heterocycles. The van der Waals surface area contributed by atoms with Crippen molar-refractivity contribution in [1.82, 2.24) is 4.90 Å². The van der Waals surface area contributed by atoms with Gasteiger partial charge in [0, 0.05) is 30.1 Å². The van der Waals surface area contributed by atoms with E-state index < -0.39 is 0 Å². The highest BCUT2D eigenvalue weighted by atomic mass is 16.5. The van der Waals surface area contributed by atoms with Crippen molar-refractivity contribution < 1.29 is 19.1 Å². The van der Waals surface area contributed by atoms with Crippen LogP contribution in [0.1, 0.15) is 40.5 Å². The molecule has 1 amide bonds. The molecule has 1 atom stereocenters. The van der Waals surface area contributed by atoms with Crippen molar-refractivity contribution in [3.8, 4) is 11.5 Å². The van der Waals surface area contributed by atoms with E-state index in [-0.39, 0.29) is 11.7 Å². The Balaban J connectivity index is 1.59. The molecule has 1 heterocycles. The highest BCUT2D eigenvalue weighted by Crippen LogP contribution is 2.22. The van der Waals surface area contributed by atoms with Gasteiger partial charge in [0.15, 0.2) is 5.78 Å². The van der Waals surface area contributed by atoms with Gasteiger partial charge in [0.2, 0.25) is 0 Å². The molecule has 2 aromatic rings. The third-order valence-electron chi connectivity index (χ3n) is 4.87. The molecule has 27 heavy (non-hydrogen) atoms. The number of amides is 1. The van der Waals surface area contributed by atoms with E-state index in [2.05, 4.69) is 0 Å². The van der Waals surface area contributed by atoms with Gasteiger partial charge < -0.3 is 14.4 Å². The van der Waals surface area contributed by atoms with E-state index in [1.54, 1.807) is 31.4 Å². The van der Waals surface area contributed by atoms with Crippen molar-refractivity contribution >= 4 is 11.7 Å². The van der Waals surface area contributed by atoms with Crippen LogP contribution in [0.3, 0.4) is 0 Å². The maximum atomic E-state index is 12.8. The predicted octanol–water partition coefficient (Wildman–Crippen LogP) is 3.83. The number of hydrogen-bond acceptors (Lipinski definition) is 4. The lowest BCUT2D eigenvalue weighted by atomic mass is 9.98. The Kier molecular flexibility index (Phi) is 6.12. The molecule has 2 aromatic carbocycles. The van der Waals surface area contributed by atoms with Gasteiger partial charge in [-0.1, -0.05) is 12.1 Å². The lowest BCUT2D eigenvalue weighted by Crippen LogP contribution is -2.41. The SMILES string of the molecule is COc1ccc(OC[C@@H]2CCCN(C(=O)c3cccc(C(C)=O)c3)C2)cc1. The molecule has 0 spiro atoms. The first-order chi connectivity index (χ1) is 13.1. The number of likely N-dealkylation sites (tertiary alicyclic amines) is 1. The van der Waals surface area contributed by atoms with Gasteiger partial charge in [-0.2, -0.15) is 0 Å². The fraction of sp³-hybridized carbons (Fsp3) is 0.364. The molecular formula is C22H25NO4. The molecule has 0 aliphatic carbocycles. The molecule has 1 aliphatic heterocycles. The zero-order valence-electron chi connectivity index (χ0n) is 15.8. The lowest BCUT2D eigenvalue weighted by Gasteiger charge is -2.32. The zero-order chi connectivity index (χ0) is 19.2. The Morgan fingerprint density at radius 1 is 1.07 bits per heavy atom. The van der Waals surface area contributed by atoms with Gasteiger partial charge in [0.25, 0.3) is 5.91 Å². The van der Waals surface area contributed by atoms with Crippen LogP contribution in [0.15, 0.2) is 48.5 Å². The van der Waals surface area contributed by atoms with E-state index in [9.17, 15) is 9.59 Å². The number of carbonyl (C=O) groups excluding carboxylic acids is 2. The second kappa shape index (κ2) is 8.71. The summed E-state index contributed by atoms with van der Waals surface area (Å²) in [5.41, 5.74) is 1.14. The predicted molar refractivity (Wildman–Crippen MR) is 104 cm³/mol. The molecule has 5 heteroatoms. The smallest absolute Gasteiger partial charge is 0.253 e. The molecule has 1 aliphatic rings. The van der Waals surface area contributed by atoms with Gasteiger partial charge in [0.1, 0.15) is 11.5 Å². The largest absolute Gasteiger partial charge is 0.497 e. The Labute approximate surface area is 159 Å². The number of benzene rings is 2. The topological polar surface area (TPSA) is 55.8 Å². The van der Waals surface area contributed by atoms with E-state index in [1.165, 1.54) is 6.92 Å². The fourth-order valence-electron chi connectivity index (χ4n) is 3.33. The van der Waals surface area contributed by atoms with Crippen LogP contribution in [-0.2, 0) is 0 Å². The van der Waals surface area contributed by atoms with Gasteiger partial charge in [-0.05, 0) is 56.2 Å². The number of carbonyl (C=O) groups is 2. The molecule has 0 aromatic heterocycles. The van der Waals surface area contributed by atoms with Crippen LogP contribution in [0.25, 0.3) is 0 Å². The van der Waals surface area contributed by atoms with Crippen molar-refractivity contribution in [3.05, 3.63) is 59.7 Å². The molecule has 0 unspecified atom stereocenters. The highest BCUT2D eigenvalue weighted by Gasteiger charge is 2.25. The number of methoxy groups -OCH3 is 1. The van der Waals surface area contributed by atoms with Gasteiger partial charge >= 0.3 is 0 Å². The van der Waals surface area contributed by atoms with Crippen LogP contribution in [0, 0.1) is 5.92 Å². The summed E-state index contributed by atoms with van der Waals surface area (Å²) in [6.07, 6.45) is 1.99. The van der Waals surface area contributed by atoms with Crippen LogP contribution < -0.4 is 9.47 Å². The minimum absolute atomic E-state index is 0.0211. The Hall–Kier alpha value is -2.82. The third kappa shape index (κ3) is 4.88. The fourth-order valence-corrected chi connectivity index (χ4v) is 3.33. The van der Waals surface area contributed by atoms with E-state index in [0.717, 1.165) is 30.9 Å². The van der Waals surface area contributed by atoms with Crippen LogP contribution in [0.2, 0.25) is 0 Å². The van der Waals surface area contributed by atoms with Gasteiger partial charge in [0.05, 0.1) is 13.7 Å². The Morgan fingerprint density at radius 2 is 1.78 bits per heavy atom. The maximum Gasteiger partial charge on any atom is 0.253 e. The van der Waals surface area contributed by atoms with Crippen molar-refractivity contribution in [1.29, 1.82) is 0 Å². The number of nitrogens with zero attached hydrogens (tertiary/aromatic N) is 1. The summed E-state index contributed by atoms with van der Waals surface area (Å²) in [6, 6.07) is 14.5. The van der Waals surface area contributed by atoms with Crippen molar-refractivity contribution in [2.75, 3.05) is 26.8 Å². The Bertz CT molecular complexity index is 800. The number of piperidine rings is 1. The quantitative estimate of drug-likeness (QED) is 0.728. The maximum absolute atomic E-state index is 12.8. The molecule has 1 fully saturated rings. The summed E-state index contributed by atoms with van der Waals surface area (Å²) in [7, 11) is 1.63. The summed E-state index contributed by atoms with van der Waals surface area (Å²) in [4.78, 5) is 26.3. The number of Topliss-reactive ketones (excluding diaryl/α,β-unsaturated/α-hetero) is 1. The zero-order valence-corrected chi connectivity index (χ0v) is 15.8. The molecule has 142 valence electrons. The number of hydrogen-bond donors (Lipinski definition) is 0. The number of ether oxygens (including phenoxy) is 2. The first-order valence-corrected chi connectivity index (χ1v) is 9.24. The molecular weight excluding hydrogens is 342 g/mol. The Morgan fingerprint density at radius 3 is 2.48 bits per heavy atom. The molecule has 5 nitrogen and oxygen atoms in total. The monoisotopic (exact) mass is 367 g/mol. The standard InChI is InChI=1S/C22H25NO4/c1-16(24)18-6-3-7-19(13-18)22(25)23-12-4-5-17(14-23)15-27-21-10-8-20(26-2)9-11-21/h3,6-11,13,17H,4-5,12,14-15H2,1-2H3/t17-/m1/s1. The minimum Gasteiger partial charge on any atom is -0.497 e. The summed E-state index contributed by atoms with van der Waals surface area (Å²) in [5, 5.41) is 0. The van der Waals surface area contributed by atoms with Crippen molar-refractivity contribution in [2.24, 2.45) is 5.92 Å². The lowest BCUT2D eigenvalue weighted by molar-refractivity contribution is 0.0633. The molecule has 0 saturated carbocycles. The second-order valence-corrected chi connectivity index (χ2v) is 6.88. The molecule has 3 rings (SSSR count). The molecule has 0 N–H and O–H groups in total. The van der Waals surface area contributed by atoms with E-state index in [1.807, 2.05) is 29.2 Å². The van der Waals surface area contributed by atoms with Crippen LogP contribution >= 0.6 is 0 Å². The summed E-state index contributed by atoms with van der Waals surface area (Å²) in [5.74, 6) is 1.83. The van der Waals surface area contributed by atoms with Crippen LogP contribution in [0.5, 0.6) is 11.5 Å². The third-order valence-corrected chi connectivity index (χ3v) is 4.87. The number of ketones is 1. The van der Waals surface area contributed by atoms with Gasteiger partial charge in [-0.25, -0.2) is 0 Å². The highest BCUT2D eigenvalue weighted by molar-refractivity contribution is 5.99. The molecule has 0 radical (unpaired) electrons. The van der Waals surface area contributed by atoms with Crippen LogP contribution in [-0.4, -0.2) is 43.4 Å². The first kappa shape index (κ1) is 19.0. The van der Waals surface area contributed by atoms with Crippen molar-refractivity contribution in [3.63, 3.8) is 0 Å². The average molecular weight is 367 g/mol. The van der Waals surface area contributed by atoms with E-state index in [4.69, 9.17) is 9.47 Å².